The van der Waals surface area contributed by atoms with Crippen LogP contribution in [-0.2, 0) is 0 Å². The number of benzene rings is 2. The predicted molar refractivity (Wildman–Crippen MR) is 115 cm³/mol. The first-order chi connectivity index (χ1) is 13.9. The lowest BCUT2D eigenvalue weighted by Crippen LogP contribution is -2.17. The number of carboxylic acids is 1. The number of nitrogens with two attached hydrogens (primary N) is 1. The third-order valence-corrected chi connectivity index (χ3v) is 4.36. The number of aromatic carboxylic acids is 1. The van der Waals surface area contributed by atoms with Crippen LogP contribution >= 0.6 is 0 Å². The Morgan fingerprint density at radius 2 is 1.76 bits per heavy atom. The van der Waals surface area contributed by atoms with Gasteiger partial charge >= 0.3 is 5.97 Å². The van der Waals surface area contributed by atoms with E-state index in [9.17, 15) is 4.79 Å². The molecule has 3 aromatic rings. The van der Waals surface area contributed by atoms with E-state index in [0.717, 1.165) is 18.7 Å². The average Bonchev–Trinajstić information content (AvgIpc) is 2.70. The van der Waals surface area contributed by atoms with E-state index in [-0.39, 0.29) is 11.3 Å². The average molecular weight is 393 g/mol. The molecule has 1 atom stereocenters. The Hall–Kier alpha value is -3.38. The Morgan fingerprint density at radius 3 is 2.31 bits per heavy atom. The van der Waals surface area contributed by atoms with E-state index < -0.39 is 5.97 Å². The number of nitrogen functional groups attached to an aromatic ring is 1. The van der Waals surface area contributed by atoms with Crippen LogP contribution in [0.4, 0.5) is 5.69 Å². The summed E-state index contributed by atoms with van der Waals surface area (Å²) in [6.07, 6.45) is 2.97. The number of carboxylic acid groups (broad SMARTS) is 1. The van der Waals surface area contributed by atoms with Crippen molar-refractivity contribution >= 4 is 11.7 Å². The molecule has 0 unspecified atom stereocenters. The van der Waals surface area contributed by atoms with Crippen molar-refractivity contribution in [3.8, 4) is 5.75 Å². The fourth-order valence-corrected chi connectivity index (χ4v) is 2.87. The summed E-state index contributed by atoms with van der Waals surface area (Å²) in [5, 5.41) is 17.5. The number of nitrogens with zero attached hydrogens (tertiary/aromatic N) is 2. The third kappa shape index (κ3) is 6.93. The van der Waals surface area contributed by atoms with Gasteiger partial charge in [0.05, 0.1) is 0 Å². The molecular weight excluding hydrogens is 366 g/mol. The van der Waals surface area contributed by atoms with Crippen LogP contribution in [0.2, 0.25) is 0 Å². The van der Waals surface area contributed by atoms with Crippen molar-refractivity contribution in [3.05, 3.63) is 89.7 Å². The maximum atomic E-state index is 10.3. The van der Waals surface area contributed by atoms with Crippen LogP contribution in [0.25, 0.3) is 0 Å². The highest BCUT2D eigenvalue weighted by molar-refractivity contribution is 5.91. The van der Waals surface area contributed by atoms with Gasteiger partial charge in [0.25, 0.3) is 0 Å². The Kier molecular flexibility index (Phi) is 8.18. The van der Waals surface area contributed by atoms with Gasteiger partial charge in [0.15, 0.2) is 0 Å². The second-order valence-electron chi connectivity index (χ2n) is 6.89. The summed E-state index contributed by atoms with van der Waals surface area (Å²) >= 11 is 0. The lowest BCUT2D eigenvalue weighted by molar-refractivity contribution is 0.0694. The van der Waals surface area contributed by atoms with Crippen LogP contribution in [0.1, 0.15) is 34.0 Å². The van der Waals surface area contributed by atoms with E-state index in [1.54, 1.807) is 0 Å². The third-order valence-electron chi connectivity index (χ3n) is 4.36. The molecule has 0 aliphatic heterocycles. The molecule has 0 amide bonds. The van der Waals surface area contributed by atoms with Crippen molar-refractivity contribution in [1.82, 2.24) is 9.88 Å². The second-order valence-corrected chi connectivity index (χ2v) is 6.89. The zero-order chi connectivity index (χ0) is 21.2. The molecule has 6 heteroatoms. The quantitative estimate of drug-likeness (QED) is 0.550. The number of hydrogen-bond donors (Lipinski definition) is 3. The molecule has 1 heterocycles. The number of aromatic nitrogens is 1. The topological polar surface area (TPSA) is 99.7 Å². The first-order valence-electron chi connectivity index (χ1n) is 9.31. The summed E-state index contributed by atoms with van der Waals surface area (Å²) < 4.78 is 0. The van der Waals surface area contributed by atoms with Gasteiger partial charge in [-0.1, -0.05) is 36.4 Å². The molecule has 0 saturated heterocycles. The minimum absolute atomic E-state index is 0.140. The van der Waals surface area contributed by atoms with Gasteiger partial charge in [-0.15, -0.1) is 0 Å². The van der Waals surface area contributed by atoms with E-state index in [1.807, 2.05) is 12.3 Å². The first kappa shape index (κ1) is 21.9. The van der Waals surface area contributed by atoms with Crippen LogP contribution in [0, 0.1) is 0 Å². The number of anilines is 1. The van der Waals surface area contributed by atoms with Gasteiger partial charge in [-0.25, -0.2) is 4.79 Å². The largest absolute Gasteiger partial charge is 0.507 e. The highest BCUT2D eigenvalue weighted by Crippen LogP contribution is 2.26. The highest BCUT2D eigenvalue weighted by atomic mass is 16.4. The van der Waals surface area contributed by atoms with E-state index in [2.05, 4.69) is 66.4 Å². The molecule has 29 heavy (non-hydrogen) atoms. The molecule has 0 bridgehead atoms. The van der Waals surface area contributed by atoms with Crippen molar-refractivity contribution in [1.29, 1.82) is 0 Å². The van der Waals surface area contributed by atoms with Crippen LogP contribution in [0.5, 0.6) is 5.75 Å². The molecule has 6 nitrogen and oxygen atoms in total. The number of rotatable bonds is 6. The van der Waals surface area contributed by atoms with Crippen LogP contribution in [-0.4, -0.2) is 46.7 Å². The summed E-state index contributed by atoms with van der Waals surface area (Å²) in [5.41, 5.74) is 7.98. The zero-order valence-corrected chi connectivity index (χ0v) is 16.7. The molecule has 3 rings (SSSR count). The summed E-state index contributed by atoms with van der Waals surface area (Å²) in [4.78, 5) is 17.1. The lowest BCUT2D eigenvalue weighted by Gasteiger charge is -2.19. The fourth-order valence-electron chi connectivity index (χ4n) is 2.87. The molecule has 0 spiro atoms. The van der Waals surface area contributed by atoms with Crippen molar-refractivity contribution in [2.75, 3.05) is 26.4 Å². The normalized spacial score (nSPS) is 11.4. The van der Waals surface area contributed by atoms with Crippen LogP contribution in [0.3, 0.4) is 0 Å². The Bertz CT molecular complexity index is 860. The van der Waals surface area contributed by atoms with Gasteiger partial charge in [0.1, 0.15) is 11.3 Å². The Labute approximate surface area is 171 Å². The molecule has 0 fully saturated rings. The van der Waals surface area contributed by atoms with Gasteiger partial charge in [-0.2, -0.15) is 0 Å². The first-order valence-corrected chi connectivity index (χ1v) is 9.31. The molecule has 1 aromatic heterocycles. The molecular formula is C23H27N3O3. The van der Waals surface area contributed by atoms with Gasteiger partial charge in [-0.3, -0.25) is 4.98 Å². The monoisotopic (exact) mass is 393 g/mol. The smallest absolute Gasteiger partial charge is 0.339 e. The minimum Gasteiger partial charge on any atom is -0.507 e. The van der Waals surface area contributed by atoms with E-state index >= 15 is 0 Å². The summed E-state index contributed by atoms with van der Waals surface area (Å²) in [6, 6.07) is 20.7. The molecule has 0 radical (unpaired) electrons. The maximum Gasteiger partial charge on any atom is 0.339 e. The minimum atomic E-state index is -1.16. The molecule has 0 saturated carbocycles. The number of pyridine rings is 1. The van der Waals surface area contributed by atoms with Crippen LogP contribution < -0.4 is 5.73 Å². The zero-order valence-electron chi connectivity index (χ0n) is 16.7. The predicted octanol–water partition coefficient (Wildman–Crippen LogP) is 3.84. The Morgan fingerprint density at radius 1 is 1.07 bits per heavy atom. The molecule has 2 aromatic carbocycles. The standard InChI is InChI=1S/C16H20N2.C7H7NO3/c1-18(2)13-11-15(14-8-4-3-5-9-14)16-10-6-7-12-17-16;8-4-1-2-5(7(10)11)6(9)3-4/h3-10,12,15H,11,13H2,1-2H3;1-3,9H,8H2,(H,10,11)/t15-;/m1./s1. The Balaban J connectivity index is 0.000000234. The number of hydrogen-bond acceptors (Lipinski definition) is 5. The van der Waals surface area contributed by atoms with Gasteiger partial charge in [-0.05, 0) is 56.9 Å². The summed E-state index contributed by atoms with van der Waals surface area (Å²) in [6.45, 7) is 1.07. The van der Waals surface area contributed by atoms with E-state index in [1.165, 1.54) is 23.8 Å². The summed E-state index contributed by atoms with van der Waals surface area (Å²) in [7, 11) is 4.22. The van der Waals surface area contributed by atoms with Crippen molar-refractivity contribution in [3.63, 3.8) is 0 Å². The maximum absolute atomic E-state index is 10.3. The van der Waals surface area contributed by atoms with Crippen molar-refractivity contribution in [2.45, 2.75) is 12.3 Å². The number of phenols is 1. The molecule has 152 valence electrons. The molecule has 4 N–H and O–H groups in total. The molecule has 0 aliphatic rings. The van der Waals surface area contributed by atoms with Crippen LogP contribution in [0.15, 0.2) is 72.9 Å². The van der Waals surface area contributed by atoms with E-state index in [4.69, 9.17) is 15.9 Å². The SMILES string of the molecule is CN(C)CC[C@H](c1ccccc1)c1ccccn1.Nc1ccc(C(=O)O)c(O)c1. The van der Waals surface area contributed by atoms with Crippen molar-refractivity contribution in [2.24, 2.45) is 0 Å². The lowest BCUT2D eigenvalue weighted by atomic mass is 9.92. The molecule has 0 aliphatic carbocycles. The second kappa shape index (κ2) is 10.8. The fraction of sp³-hybridized carbons (Fsp3) is 0.217. The van der Waals surface area contributed by atoms with E-state index in [0.29, 0.717) is 11.6 Å². The van der Waals surface area contributed by atoms with Gasteiger partial charge < -0.3 is 20.8 Å². The van der Waals surface area contributed by atoms with Gasteiger partial charge in [0.2, 0.25) is 0 Å². The van der Waals surface area contributed by atoms with Crippen molar-refractivity contribution < 1.29 is 15.0 Å². The number of aromatic hydroxyl groups is 1. The highest BCUT2D eigenvalue weighted by Gasteiger charge is 2.15. The number of carbonyl (C=O) groups is 1. The summed E-state index contributed by atoms with van der Waals surface area (Å²) in [5.74, 6) is -1.09. The van der Waals surface area contributed by atoms with Gasteiger partial charge in [0, 0.05) is 29.6 Å².